The number of aliphatic hydroxyl groups is 1. The van der Waals surface area contributed by atoms with Gasteiger partial charge in [0.2, 0.25) is 0 Å². The van der Waals surface area contributed by atoms with Crippen molar-refractivity contribution < 1.29 is 9.84 Å². The molecule has 2 aromatic rings. The smallest absolute Gasteiger partial charge is 0.122 e. The number of β-amino-alcohol motifs (C(OH)–C–C–N with tert-alkyl or cyclic N) is 1. The van der Waals surface area contributed by atoms with Crippen LogP contribution in [0, 0.1) is 0 Å². The lowest BCUT2D eigenvalue weighted by Gasteiger charge is -2.35. The minimum Gasteiger partial charge on any atom is -0.493 e. The first-order chi connectivity index (χ1) is 12.3. The van der Waals surface area contributed by atoms with Crippen molar-refractivity contribution in [2.45, 2.75) is 25.6 Å². The lowest BCUT2D eigenvalue weighted by Crippen LogP contribution is -2.48. The van der Waals surface area contributed by atoms with Gasteiger partial charge in [-0.25, -0.2) is 0 Å². The normalized spacial score (nSPS) is 19.6. The Morgan fingerprint density at radius 1 is 1.12 bits per heavy atom. The van der Waals surface area contributed by atoms with Crippen LogP contribution in [0.5, 0.6) is 5.75 Å². The fourth-order valence-electron chi connectivity index (χ4n) is 3.71. The number of piperazine rings is 1. The van der Waals surface area contributed by atoms with E-state index in [1.165, 1.54) is 11.1 Å². The number of benzene rings is 1. The lowest BCUT2D eigenvalue weighted by molar-refractivity contribution is 0.0605. The molecule has 1 saturated heterocycles. The third-order valence-corrected chi connectivity index (χ3v) is 5.05. The summed E-state index contributed by atoms with van der Waals surface area (Å²) in [5.74, 6) is 1.06. The summed E-state index contributed by atoms with van der Waals surface area (Å²) < 4.78 is 7.37. The van der Waals surface area contributed by atoms with Crippen molar-refractivity contribution in [3.63, 3.8) is 0 Å². The molecule has 25 heavy (non-hydrogen) atoms. The summed E-state index contributed by atoms with van der Waals surface area (Å²) in [4.78, 5) is 4.84. The van der Waals surface area contributed by atoms with Gasteiger partial charge in [0.1, 0.15) is 5.75 Å². The maximum atomic E-state index is 10.2. The van der Waals surface area contributed by atoms with Gasteiger partial charge < -0.3 is 9.84 Å². The van der Waals surface area contributed by atoms with E-state index >= 15 is 0 Å². The summed E-state index contributed by atoms with van der Waals surface area (Å²) in [6, 6.07) is 8.48. The van der Waals surface area contributed by atoms with Gasteiger partial charge in [-0.2, -0.15) is 5.10 Å². The molecule has 0 bridgehead atoms. The van der Waals surface area contributed by atoms with Gasteiger partial charge in [-0.3, -0.25) is 14.5 Å². The van der Waals surface area contributed by atoms with Crippen molar-refractivity contribution in [3.05, 3.63) is 47.8 Å². The Balaban J connectivity index is 1.23. The molecule has 134 valence electrons. The molecule has 6 heteroatoms. The number of aromatic nitrogens is 2. The quantitative estimate of drug-likeness (QED) is 0.849. The van der Waals surface area contributed by atoms with Crippen LogP contribution in [-0.2, 0) is 19.5 Å². The number of ether oxygens (including phenoxy) is 1. The van der Waals surface area contributed by atoms with E-state index in [1.54, 1.807) is 10.9 Å². The summed E-state index contributed by atoms with van der Waals surface area (Å²) >= 11 is 0. The van der Waals surface area contributed by atoms with Crippen LogP contribution in [0.4, 0.5) is 0 Å². The molecular formula is C19H26N4O2. The number of fused-ring (bicyclic) bond motifs is 1. The molecular weight excluding hydrogens is 316 g/mol. The zero-order chi connectivity index (χ0) is 17.1. The van der Waals surface area contributed by atoms with E-state index in [-0.39, 0.29) is 6.10 Å². The van der Waals surface area contributed by atoms with Gasteiger partial charge in [0.15, 0.2) is 0 Å². The molecule has 0 radical (unpaired) electrons. The molecule has 1 N–H and O–H groups in total. The summed E-state index contributed by atoms with van der Waals surface area (Å²) in [6.07, 6.45) is 4.30. The first kappa shape index (κ1) is 16.6. The maximum Gasteiger partial charge on any atom is 0.122 e. The van der Waals surface area contributed by atoms with Crippen LogP contribution in [0.15, 0.2) is 36.7 Å². The molecule has 0 saturated carbocycles. The van der Waals surface area contributed by atoms with Crippen molar-refractivity contribution >= 4 is 0 Å². The molecule has 1 aromatic carbocycles. The number of hydrogen-bond acceptors (Lipinski definition) is 5. The van der Waals surface area contributed by atoms with Gasteiger partial charge in [0.05, 0.1) is 19.3 Å². The van der Waals surface area contributed by atoms with Gasteiger partial charge in [0.25, 0.3) is 0 Å². The van der Waals surface area contributed by atoms with Crippen LogP contribution < -0.4 is 4.74 Å². The second kappa shape index (κ2) is 7.56. The monoisotopic (exact) mass is 342 g/mol. The van der Waals surface area contributed by atoms with E-state index in [0.717, 1.165) is 51.5 Å². The Kier molecular flexibility index (Phi) is 5.01. The van der Waals surface area contributed by atoms with Crippen LogP contribution in [0.2, 0.25) is 0 Å². The van der Waals surface area contributed by atoms with Crippen molar-refractivity contribution in [1.29, 1.82) is 0 Å². The first-order valence-electron chi connectivity index (χ1n) is 9.11. The van der Waals surface area contributed by atoms with Crippen molar-refractivity contribution in [3.8, 4) is 5.75 Å². The maximum absolute atomic E-state index is 10.2. The van der Waals surface area contributed by atoms with Gasteiger partial charge in [-0.15, -0.1) is 0 Å². The predicted molar refractivity (Wildman–Crippen MR) is 95.6 cm³/mol. The largest absolute Gasteiger partial charge is 0.493 e. The molecule has 6 nitrogen and oxygen atoms in total. The molecule has 0 spiro atoms. The van der Waals surface area contributed by atoms with Crippen LogP contribution in [0.25, 0.3) is 0 Å². The number of rotatable bonds is 6. The average Bonchev–Trinajstić information content (AvgIpc) is 3.27. The van der Waals surface area contributed by atoms with Crippen molar-refractivity contribution in [1.82, 2.24) is 19.6 Å². The Morgan fingerprint density at radius 3 is 2.76 bits per heavy atom. The minimum atomic E-state index is -0.372. The molecule has 1 fully saturated rings. The van der Waals surface area contributed by atoms with E-state index in [2.05, 4.69) is 33.1 Å². The summed E-state index contributed by atoms with van der Waals surface area (Å²) in [7, 11) is 0. The number of nitrogens with zero attached hydrogens (tertiary/aromatic N) is 4. The molecule has 3 heterocycles. The molecule has 0 aliphatic carbocycles. The molecule has 1 aromatic heterocycles. The Labute approximate surface area is 148 Å². The minimum absolute atomic E-state index is 0.372. The van der Waals surface area contributed by atoms with E-state index in [9.17, 15) is 5.11 Å². The third-order valence-electron chi connectivity index (χ3n) is 5.05. The van der Waals surface area contributed by atoms with Gasteiger partial charge in [0, 0.05) is 58.1 Å². The molecule has 1 atom stereocenters. The van der Waals surface area contributed by atoms with E-state index < -0.39 is 0 Å². The fraction of sp³-hybridized carbons (Fsp3) is 0.526. The first-order valence-corrected chi connectivity index (χ1v) is 9.11. The zero-order valence-corrected chi connectivity index (χ0v) is 14.5. The highest BCUT2D eigenvalue weighted by Gasteiger charge is 2.20. The molecule has 2 aliphatic heterocycles. The summed E-state index contributed by atoms with van der Waals surface area (Å²) in [5.41, 5.74) is 2.72. The SMILES string of the molecule is O[C@H](CN1CCN(Cc2ccc3c(c2)CCO3)CC1)Cn1cccn1. The molecule has 4 rings (SSSR count). The standard InChI is InChI=1S/C19H26N4O2/c24-18(15-23-6-1-5-20-23)14-22-9-7-21(8-10-22)13-16-2-3-19-17(12-16)4-11-25-19/h1-3,5-6,12,18,24H,4,7-11,13-15H2/t18-/m1/s1. The summed E-state index contributed by atoms with van der Waals surface area (Å²) in [5, 5.41) is 14.4. The zero-order valence-electron chi connectivity index (χ0n) is 14.5. The highest BCUT2D eigenvalue weighted by atomic mass is 16.5. The van der Waals surface area contributed by atoms with E-state index in [4.69, 9.17) is 4.74 Å². The Morgan fingerprint density at radius 2 is 1.96 bits per heavy atom. The van der Waals surface area contributed by atoms with Crippen LogP contribution in [-0.4, -0.2) is 70.1 Å². The molecule has 0 unspecified atom stereocenters. The summed E-state index contributed by atoms with van der Waals surface area (Å²) in [6.45, 7) is 7.18. The van der Waals surface area contributed by atoms with Gasteiger partial charge >= 0.3 is 0 Å². The Hall–Kier alpha value is -1.89. The Bertz CT molecular complexity index is 681. The third kappa shape index (κ3) is 4.21. The number of aliphatic hydroxyl groups excluding tert-OH is 1. The second-order valence-corrected chi connectivity index (χ2v) is 7.00. The van der Waals surface area contributed by atoms with Gasteiger partial charge in [-0.1, -0.05) is 12.1 Å². The van der Waals surface area contributed by atoms with Crippen LogP contribution >= 0.6 is 0 Å². The van der Waals surface area contributed by atoms with E-state index in [0.29, 0.717) is 13.1 Å². The van der Waals surface area contributed by atoms with Crippen molar-refractivity contribution in [2.75, 3.05) is 39.3 Å². The molecule has 0 amide bonds. The van der Waals surface area contributed by atoms with E-state index in [1.807, 2.05) is 12.3 Å². The second-order valence-electron chi connectivity index (χ2n) is 7.00. The predicted octanol–water partition coefficient (Wildman–Crippen LogP) is 0.997. The highest BCUT2D eigenvalue weighted by Crippen LogP contribution is 2.26. The van der Waals surface area contributed by atoms with Gasteiger partial charge in [-0.05, 0) is 23.3 Å². The average molecular weight is 342 g/mol. The molecule has 2 aliphatic rings. The van der Waals surface area contributed by atoms with Crippen LogP contribution in [0.1, 0.15) is 11.1 Å². The highest BCUT2D eigenvalue weighted by molar-refractivity contribution is 5.39. The number of hydrogen-bond donors (Lipinski definition) is 1. The van der Waals surface area contributed by atoms with Crippen molar-refractivity contribution in [2.24, 2.45) is 0 Å². The van der Waals surface area contributed by atoms with Crippen LogP contribution in [0.3, 0.4) is 0 Å². The topological polar surface area (TPSA) is 53.8 Å². The fourth-order valence-corrected chi connectivity index (χ4v) is 3.71. The lowest BCUT2D eigenvalue weighted by atomic mass is 10.1.